The van der Waals surface area contributed by atoms with E-state index >= 15 is 0 Å². The zero-order chi connectivity index (χ0) is 19.3. The second-order valence-corrected chi connectivity index (χ2v) is 6.40. The SMILES string of the molecule is COc1ccc(CNc2cc(C)nc(Nc3ccc4c(c3)OCCO4)n2)cc1. The Kier molecular flexibility index (Phi) is 5.14. The van der Waals surface area contributed by atoms with E-state index in [4.69, 9.17) is 14.2 Å². The maximum Gasteiger partial charge on any atom is 0.229 e. The van der Waals surface area contributed by atoms with Crippen LogP contribution in [0.5, 0.6) is 17.2 Å². The zero-order valence-corrected chi connectivity index (χ0v) is 15.9. The Hall–Kier alpha value is -3.48. The van der Waals surface area contributed by atoms with Gasteiger partial charge in [0.2, 0.25) is 5.95 Å². The first-order valence-corrected chi connectivity index (χ1v) is 9.09. The van der Waals surface area contributed by atoms with Crippen LogP contribution in [0.15, 0.2) is 48.5 Å². The molecule has 0 saturated carbocycles. The number of aryl methyl sites for hydroxylation is 1. The normalized spacial score (nSPS) is 12.4. The van der Waals surface area contributed by atoms with Crippen molar-refractivity contribution in [1.82, 2.24) is 9.97 Å². The van der Waals surface area contributed by atoms with E-state index in [2.05, 4.69) is 20.6 Å². The molecule has 0 unspecified atom stereocenters. The third-order valence-corrected chi connectivity index (χ3v) is 4.29. The van der Waals surface area contributed by atoms with Crippen molar-refractivity contribution in [2.24, 2.45) is 0 Å². The van der Waals surface area contributed by atoms with Gasteiger partial charge in [-0.15, -0.1) is 0 Å². The highest BCUT2D eigenvalue weighted by Gasteiger charge is 2.12. The van der Waals surface area contributed by atoms with E-state index in [-0.39, 0.29) is 0 Å². The number of hydrogen-bond acceptors (Lipinski definition) is 7. The molecule has 144 valence electrons. The molecule has 1 aliphatic heterocycles. The highest BCUT2D eigenvalue weighted by atomic mass is 16.6. The highest BCUT2D eigenvalue weighted by molar-refractivity contribution is 5.61. The second-order valence-electron chi connectivity index (χ2n) is 6.40. The molecule has 0 atom stereocenters. The maximum atomic E-state index is 5.63. The smallest absolute Gasteiger partial charge is 0.229 e. The van der Waals surface area contributed by atoms with Crippen LogP contribution < -0.4 is 24.8 Å². The predicted molar refractivity (Wildman–Crippen MR) is 108 cm³/mol. The highest BCUT2D eigenvalue weighted by Crippen LogP contribution is 2.33. The summed E-state index contributed by atoms with van der Waals surface area (Å²) in [5, 5.41) is 6.57. The second kappa shape index (κ2) is 8.04. The largest absolute Gasteiger partial charge is 0.497 e. The van der Waals surface area contributed by atoms with Crippen molar-refractivity contribution < 1.29 is 14.2 Å². The molecule has 28 heavy (non-hydrogen) atoms. The lowest BCUT2D eigenvalue weighted by Gasteiger charge is -2.19. The van der Waals surface area contributed by atoms with Gasteiger partial charge in [0.25, 0.3) is 0 Å². The number of ether oxygens (including phenoxy) is 3. The van der Waals surface area contributed by atoms with E-state index in [0.717, 1.165) is 40.0 Å². The molecule has 0 fully saturated rings. The van der Waals surface area contributed by atoms with Gasteiger partial charge in [-0.05, 0) is 36.8 Å². The summed E-state index contributed by atoms with van der Waals surface area (Å²) in [6.07, 6.45) is 0. The fraction of sp³-hybridized carbons (Fsp3) is 0.238. The number of anilines is 3. The first-order valence-electron chi connectivity index (χ1n) is 9.09. The minimum absolute atomic E-state index is 0.522. The maximum absolute atomic E-state index is 5.63. The fourth-order valence-corrected chi connectivity index (χ4v) is 2.90. The molecular weight excluding hydrogens is 356 g/mol. The predicted octanol–water partition coefficient (Wildman–Crippen LogP) is 3.92. The summed E-state index contributed by atoms with van der Waals surface area (Å²) in [5.74, 6) is 3.59. The summed E-state index contributed by atoms with van der Waals surface area (Å²) in [4.78, 5) is 9.03. The van der Waals surface area contributed by atoms with Gasteiger partial charge in [0, 0.05) is 30.1 Å². The van der Waals surface area contributed by atoms with Gasteiger partial charge in [-0.2, -0.15) is 4.98 Å². The van der Waals surface area contributed by atoms with Gasteiger partial charge < -0.3 is 24.8 Å². The Balaban J connectivity index is 1.45. The molecule has 0 spiro atoms. The summed E-state index contributed by atoms with van der Waals surface area (Å²) >= 11 is 0. The number of aromatic nitrogens is 2. The molecule has 0 saturated heterocycles. The molecule has 0 amide bonds. The third-order valence-electron chi connectivity index (χ3n) is 4.29. The standard InChI is InChI=1S/C21H22N4O3/c1-14-11-20(22-13-15-3-6-17(26-2)7-4-15)25-21(23-14)24-16-5-8-18-19(12-16)28-10-9-27-18/h3-8,11-12H,9-10,13H2,1-2H3,(H2,22,23,24,25). The van der Waals surface area contributed by atoms with Crippen LogP contribution in [0.3, 0.4) is 0 Å². The van der Waals surface area contributed by atoms with E-state index in [9.17, 15) is 0 Å². The fourth-order valence-electron chi connectivity index (χ4n) is 2.90. The van der Waals surface area contributed by atoms with Crippen LogP contribution in [-0.4, -0.2) is 30.3 Å². The van der Waals surface area contributed by atoms with Crippen LogP contribution in [0.4, 0.5) is 17.5 Å². The van der Waals surface area contributed by atoms with Crippen molar-refractivity contribution >= 4 is 17.5 Å². The summed E-state index contributed by atoms with van der Waals surface area (Å²) in [6, 6.07) is 15.5. The van der Waals surface area contributed by atoms with Crippen molar-refractivity contribution in [3.8, 4) is 17.2 Å². The van der Waals surface area contributed by atoms with Gasteiger partial charge in [-0.25, -0.2) is 4.98 Å². The molecule has 0 bridgehead atoms. The summed E-state index contributed by atoms with van der Waals surface area (Å²) < 4.78 is 16.4. The van der Waals surface area contributed by atoms with Gasteiger partial charge in [-0.1, -0.05) is 12.1 Å². The molecule has 2 N–H and O–H groups in total. The Labute approximate surface area is 163 Å². The molecule has 7 nitrogen and oxygen atoms in total. The van der Waals surface area contributed by atoms with Gasteiger partial charge in [-0.3, -0.25) is 0 Å². The summed E-state index contributed by atoms with van der Waals surface area (Å²) in [5.41, 5.74) is 2.85. The average Bonchev–Trinajstić information content (AvgIpc) is 2.72. The third kappa shape index (κ3) is 4.25. The number of nitrogens with zero attached hydrogens (tertiary/aromatic N) is 2. The van der Waals surface area contributed by atoms with Crippen LogP contribution in [-0.2, 0) is 6.54 Å². The van der Waals surface area contributed by atoms with E-state index < -0.39 is 0 Å². The first kappa shape index (κ1) is 17.9. The molecule has 3 aromatic rings. The molecule has 1 aromatic heterocycles. The molecule has 0 radical (unpaired) electrons. The number of hydrogen-bond donors (Lipinski definition) is 2. The van der Waals surface area contributed by atoms with Crippen molar-refractivity contribution in [3.05, 3.63) is 59.8 Å². The van der Waals surface area contributed by atoms with Gasteiger partial charge >= 0.3 is 0 Å². The van der Waals surface area contributed by atoms with Gasteiger partial charge in [0.1, 0.15) is 24.8 Å². The first-order chi connectivity index (χ1) is 13.7. The lowest BCUT2D eigenvalue weighted by Crippen LogP contribution is -2.15. The van der Waals surface area contributed by atoms with E-state index in [1.807, 2.05) is 55.5 Å². The van der Waals surface area contributed by atoms with E-state index in [0.29, 0.717) is 25.7 Å². The van der Waals surface area contributed by atoms with E-state index in [1.165, 1.54) is 0 Å². The van der Waals surface area contributed by atoms with Crippen molar-refractivity contribution in [3.63, 3.8) is 0 Å². The lowest BCUT2D eigenvalue weighted by molar-refractivity contribution is 0.171. The van der Waals surface area contributed by atoms with Gasteiger partial charge in [0.05, 0.1) is 7.11 Å². The Morgan fingerprint density at radius 2 is 1.75 bits per heavy atom. The molecule has 4 rings (SSSR count). The van der Waals surface area contributed by atoms with Crippen LogP contribution in [0.2, 0.25) is 0 Å². The van der Waals surface area contributed by atoms with Crippen LogP contribution in [0.1, 0.15) is 11.3 Å². The van der Waals surface area contributed by atoms with Crippen molar-refractivity contribution in [1.29, 1.82) is 0 Å². The minimum Gasteiger partial charge on any atom is -0.497 e. The minimum atomic E-state index is 0.522. The molecule has 7 heteroatoms. The topological polar surface area (TPSA) is 77.5 Å². The van der Waals surface area contributed by atoms with Crippen molar-refractivity contribution in [2.45, 2.75) is 13.5 Å². The van der Waals surface area contributed by atoms with Gasteiger partial charge in [0.15, 0.2) is 11.5 Å². The number of fused-ring (bicyclic) bond motifs is 1. The number of benzene rings is 2. The van der Waals surface area contributed by atoms with E-state index in [1.54, 1.807) is 7.11 Å². The Bertz CT molecular complexity index is 960. The monoisotopic (exact) mass is 378 g/mol. The molecule has 2 aromatic carbocycles. The Morgan fingerprint density at radius 1 is 0.964 bits per heavy atom. The quantitative estimate of drug-likeness (QED) is 0.673. The lowest BCUT2D eigenvalue weighted by atomic mass is 10.2. The van der Waals surface area contributed by atoms with Crippen LogP contribution in [0, 0.1) is 6.92 Å². The number of nitrogens with one attached hydrogen (secondary N) is 2. The zero-order valence-electron chi connectivity index (χ0n) is 15.9. The molecule has 1 aliphatic rings. The average molecular weight is 378 g/mol. The number of methoxy groups -OCH3 is 1. The van der Waals surface area contributed by atoms with Crippen molar-refractivity contribution in [2.75, 3.05) is 31.0 Å². The Morgan fingerprint density at radius 3 is 2.54 bits per heavy atom. The summed E-state index contributed by atoms with van der Waals surface area (Å²) in [6.45, 7) is 3.72. The molecule has 2 heterocycles. The van der Waals surface area contributed by atoms with Crippen LogP contribution >= 0.6 is 0 Å². The summed E-state index contributed by atoms with van der Waals surface area (Å²) in [7, 11) is 1.66. The number of rotatable bonds is 6. The molecule has 0 aliphatic carbocycles. The molecular formula is C21H22N4O3. The van der Waals surface area contributed by atoms with Crippen LogP contribution in [0.25, 0.3) is 0 Å².